The average Bonchev–Trinajstić information content (AvgIpc) is 2.75. The summed E-state index contributed by atoms with van der Waals surface area (Å²) in [7, 11) is 0. The van der Waals surface area contributed by atoms with Gasteiger partial charge in [-0.1, -0.05) is 44.2 Å². The van der Waals surface area contributed by atoms with Crippen molar-refractivity contribution in [2.45, 2.75) is 26.3 Å². The van der Waals surface area contributed by atoms with Crippen LogP contribution in [0.3, 0.4) is 0 Å². The lowest BCUT2D eigenvalue weighted by atomic mass is 10.2. The van der Waals surface area contributed by atoms with Crippen molar-refractivity contribution >= 4 is 17.7 Å². The van der Waals surface area contributed by atoms with E-state index in [1.165, 1.54) is 5.56 Å². The highest BCUT2D eigenvalue weighted by molar-refractivity contribution is 6.30. The van der Waals surface area contributed by atoms with Crippen LogP contribution in [0, 0.1) is 0 Å². The Morgan fingerprint density at radius 1 is 1.33 bits per heavy atom. The first-order valence-electron chi connectivity index (χ1n) is 6.04. The number of aromatic nitrogens is 2. The molecule has 94 valence electrons. The summed E-state index contributed by atoms with van der Waals surface area (Å²) in [6.45, 7) is 8.87. The molecule has 2 nitrogen and oxygen atoms in total. The van der Waals surface area contributed by atoms with Gasteiger partial charge in [-0.05, 0) is 23.8 Å². The Labute approximate surface area is 113 Å². The predicted octanol–water partition coefficient (Wildman–Crippen LogP) is 4.35. The van der Waals surface area contributed by atoms with E-state index in [4.69, 9.17) is 11.6 Å². The van der Waals surface area contributed by atoms with E-state index in [0.29, 0.717) is 5.92 Å². The topological polar surface area (TPSA) is 17.8 Å². The van der Waals surface area contributed by atoms with Gasteiger partial charge in [0.25, 0.3) is 0 Å². The molecule has 0 saturated heterocycles. The van der Waals surface area contributed by atoms with Crippen molar-refractivity contribution in [2.24, 2.45) is 0 Å². The van der Waals surface area contributed by atoms with Crippen LogP contribution in [0.2, 0.25) is 5.02 Å². The zero-order valence-corrected chi connectivity index (χ0v) is 11.5. The summed E-state index contributed by atoms with van der Waals surface area (Å²) in [6.07, 6.45) is 3.82. The summed E-state index contributed by atoms with van der Waals surface area (Å²) in [5, 5.41) is 0.764. The van der Waals surface area contributed by atoms with Gasteiger partial charge >= 0.3 is 0 Å². The van der Waals surface area contributed by atoms with E-state index < -0.39 is 0 Å². The van der Waals surface area contributed by atoms with Gasteiger partial charge in [-0.15, -0.1) is 0 Å². The van der Waals surface area contributed by atoms with Gasteiger partial charge in [0.2, 0.25) is 0 Å². The molecule has 0 N–H and O–H groups in total. The number of halogens is 1. The van der Waals surface area contributed by atoms with Crippen LogP contribution in [-0.2, 0) is 6.54 Å². The first-order valence-corrected chi connectivity index (χ1v) is 6.42. The Morgan fingerprint density at radius 2 is 2.00 bits per heavy atom. The molecule has 2 rings (SSSR count). The number of hydrogen-bond acceptors (Lipinski definition) is 1. The van der Waals surface area contributed by atoms with Crippen LogP contribution in [0.4, 0.5) is 0 Å². The second-order valence-corrected chi connectivity index (χ2v) is 5.07. The summed E-state index contributed by atoms with van der Waals surface area (Å²) in [5.41, 5.74) is 2.14. The minimum absolute atomic E-state index is 0.394. The second-order valence-electron chi connectivity index (χ2n) is 4.64. The van der Waals surface area contributed by atoms with Gasteiger partial charge < -0.3 is 4.57 Å². The van der Waals surface area contributed by atoms with E-state index >= 15 is 0 Å². The number of rotatable bonds is 4. The highest BCUT2D eigenvalue weighted by Gasteiger charge is 2.10. The van der Waals surface area contributed by atoms with Gasteiger partial charge in [0.15, 0.2) is 0 Å². The van der Waals surface area contributed by atoms with Gasteiger partial charge in [-0.3, -0.25) is 0 Å². The van der Waals surface area contributed by atoms with E-state index in [2.05, 4.69) is 30.0 Å². The molecule has 1 heterocycles. The Hall–Kier alpha value is -1.54. The zero-order chi connectivity index (χ0) is 13.1. The molecule has 0 saturated carbocycles. The normalized spacial score (nSPS) is 10.9. The second kappa shape index (κ2) is 5.40. The highest BCUT2D eigenvalue weighted by Crippen LogP contribution is 2.17. The lowest BCUT2D eigenvalue weighted by Crippen LogP contribution is -2.05. The van der Waals surface area contributed by atoms with E-state index in [-0.39, 0.29) is 0 Å². The van der Waals surface area contributed by atoms with Gasteiger partial charge in [0.05, 0.1) is 5.69 Å². The van der Waals surface area contributed by atoms with E-state index in [9.17, 15) is 0 Å². The molecule has 2 aromatic rings. The van der Waals surface area contributed by atoms with E-state index in [1.807, 2.05) is 30.5 Å². The summed E-state index contributed by atoms with van der Waals surface area (Å²) >= 11 is 5.89. The summed E-state index contributed by atoms with van der Waals surface area (Å²) in [5.74, 6) is 1.48. The average molecular weight is 261 g/mol. The largest absolute Gasteiger partial charge is 0.330 e. The van der Waals surface area contributed by atoms with Crippen molar-refractivity contribution in [3.63, 3.8) is 0 Å². The fraction of sp³-hybridized carbons (Fsp3) is 0.267. The van der Waals surface area contributed by atoms with Gasteiger partial charge in [0.1, 0.15) is 5.82 Å². The lowest BCUT2D eigenvalue weighted by Gasteiger charge is -2.10. The molecule has 0 atom stereocenters. The van der Waals surface area contributed by atoms with Gasteiger partial charge in [-0.2, -0.15) is 0 Å². The molecule has 3 heteroatoms. The van der Waals surface area contributed by atoms with Crippen LogP contribution < -0.4 is 0 Å². The first-order chi connectivity index (χ1) is 8.60. The van der Waals surface area contributed by atoms with Crippen LogP contribution in [0.25, 0.3) is 6.08 Å². The molecule has 0 spiro atoms. The third-order valence-electron chi connectivity index (χ3n) is 2.82. The van der Waals surface area contributed by atoms with Crippen LogP contribution >= 0.6 is 11.6 Å². The van der Waals surface area contributed by atoms with Crippen LogP contribution in [0.1, 0.15) is 36.8 Å². The molecule has 0 bridgehead atoms. The number of hydrogen-bond donors (Lipinski definition) is 0. The van der Waals surface area contributed by atoms with Crippen LogP contribution in [0.15, 0.2) is 37.0 Å². The summed E-state index contributed by atoms with van der Waals surface area (Å²) in [4.78, 5) is 4.56. The molecule has 18 heavy (non-hydrogen) atoms. The first kappa shape index (κ1) is 12.9. The van der Waals surface area contributed by atoms with Crippen molar-refractivity contribution in [3.05, 3.63) is 59.1 Å². The molecule has 1 aromatic carbocycles. The number of imidazole rings is 1. The summed E-state index contributed by atoms with van der Waals surface area (Å²) in [6, 6.07) is 7.91. The highest BCUT2D eigenvalue weighted by atomic mass is 35.5. The van der Waals surface area contributed by atoms with Crippen molar-refractivity contribution in [1.29, 1.82) is 0 Å². The minimum Gasteiger partial charge on any atom is -0.330 e. The van der Waals surface area contributed by atoms with Gasteiger partial charge in [-0.25, -0.2) is 4.98 Å². The Bertz CT molecular complexity index is 538. The number of benzene rings is 1. The smallest absolute Gasteiger partial charge is 0.112 e. The van der Waals surface area contributed by atoms with Crippen molar-refractivity contribution < 1.29 is 0 Å². The SMILES string of the molecule is C=Cc1cn(Cc2ccc(Cl)cc2)c(C(C)C)n1. The quantitative estimate of drug-likeness (QED) is 0.799. The standard InChI is InChI=1S/C15H17ClN2/c1-4-14-10-18(15(17-14)11(2)3)9-12-5-7-13(16)8-6-12/h4-8,10-11H,1,9H2,2-3H3. The Balaban J connectivity index is 2.30. The van der Waals surface area contributed by atoms with E-state index in [0.717, 1.165) is 23.1 Å². The monoisotopic (exact) mass is 260 g/mol. The summed E-state index contributed by atoms with van der Waals surface area (Å²) < 4.78 is 2.17. The fourth-order valence-corrected chi connectivity index (χ4v) is 2.05. The van der Waals surface area contributed by atoms with Crippen LogP contribution in [-0.4, -0.2) is 9.55 Å². The Morgan fingerprint density at radius 3 is 2.56 bits per heavy atom. The molecule has 0 aliphatic rings. The molecule has 0 fully saturated rings. The van der Waals surface area contributed by atoms with Crippen molar-refractivity contribution in [1.82, 2.24) is 9.55 Å². The molecule has 1 aromatic heterocycles. The van der Waals surface area contributed by atoms with Crippen molar-refractivity contribution in [2.75, 3.05) is 0 Å². The maximum Gasteiger partial charge on any atom is 0.112 e. The van der Waals surface area contributed by atoms with E-state index in [1.54, 1.807) is 6.08 Å². The fourth-order valence-electron chi connectivity index (χ4n) is 1.92. The molecular weight excluding hydrogens is 244 g/mol. The maximum absolute atomic E-state index is 5.89. The predicted molar refractivity (Wildman–Crippen MR) is 77.0 cm³/mol. The van der Waals surface area contributed by atoms with Gasteiger partial charge in [0, 0.05) is 23.7 Å². The van der Waals surface area contributed by atoms with Crippen LogP contribution in [0.5, 0.6) is 0 Å². The molecule has 0 aliphatic carbocycles. The van der Waals surface area contributed by atoms with Crippen molar-refractivity contribution in [3.8, 4) is 0 Å². The zero-order valence-electron chi connectivity index (χ0n) is 10.7. The molecule has 0 unspecified atom stereocenters. The molecular formula is C15H17ClN2. The lowest BCUT2D eigenvalue weighted by molar-refractivity contribution is 0.669. The molecule has 0 radical (unpaired) electrons. The number of nitrogens with zero attached hydrogens (tertiary/aromatic N) is 2. The maximum atomic E-state index is 5.89. The third-order valence-corrected chi connectivity index (χ3v) is 3.07. The molecule has 0 aliphatic heterocycles. The Kier molecular flexibility index (Phi) is 3.87. The minimum atomic E-state index is 0.394. The molecule has 0 amide bonds. The third kappa shape index (κ3) is 2.82.